The Hall–Kier alpha value is -1.26. The molecule has 1 N–H and O–H groups in total. The molecule has 0 spiro atoms. The van der Waals surface area contributed by atoms with Crippen LogP contribution in [-0.4, -0.2) is 30.3 Å². The first-order valence-electron chi connectivity index (χ1n) is 5.81. The van der Waals surface area contributed by atoms with Gasteiger partial charge in [0.15, 0.2) is 0 Å². The third kappa shape index (κ3) is 2.90. The van der Waals surface area contributed by atoms with Gasteiger partial charge >= 0.3 is 12.1 Å². The average molecular weight is 243 g/mol. The van der Waals surface area contributed by atoms with Gasteiger partial charge in [0.2, 0.25) is 0 Å². The van der Waals surface area contributed by atoms with Crippen LogP contribution in [0.1, 0.15) is 40.5 Å². The zero-order valence-corrected chi connectivity index (χ0v) is 11.1. The van der Waals surface area contributed by atoms with E-state index in [4.69, 9.17) is 9.47 Å². The highest BCUT2D eigenvalue weighted by Crippen LogP contribution is 2.39. The van der Waals surface area contributed by atoms with Crippen LogP contribution in [0.15, 0.2) is 0 Å². The van der Waals surface area contributed by atoms with Crippen LogP contribution in [0.4, 0.5) is 4.79 Å². The Bertz CT molecular complexity index is 321. The van der Waals surface area contributed by atoms with Crippen LogP contribution in [0.2, 0.25) is 0 Å². The Morgan fingerprint density at radius 1 is 1.35 bits per heavy atom. The molecule has 0 saturated heterocycles. The van der Waals surface area contributed by atoms with E-state index in [2.05, 4.69) is 5.32 Å². The molecule has 1 amide bonds. The molecule has 5 heteroatoms. The zero-order chi connectivity index (χ0) is 13.3. The van der Waals surface area contributed by atoms with Gasteiger partial charge in [-0.15, -0.1) is 0 Å². The van der Waals surface area contributed by atoms with E-state index in [1.807, 2.05) is 6.92 Å². The summed E-state index contributed by atoms with van der Waals surface area (Å²) in [6.07, 6.45) is 0.916. The minimum absolute atomic E-state index is 0.0717. The molecule has 0 bridgehead atoms. The number of methoxy groups -OCH3 is 1. The standard InChI is InChI=1S/C12H21NO4/c1-8-6-7-12(8,9(14)16-5)13-10(15)17-11(2,3)4/h8H,6-7H2,1-5H3,(H,13,15)/t8-,12+/m0/s1. The number of carbonyl (C=O) groups is 2. The van der Waals surface area contributed by atoms with Gasteiger partial charge in [0.25, 0.3) is 0 Å². The number of hydrogen-bond acceptors (Lipinski definition) is 4. The summed E-state index contributed by atoms with van der Waals surface area (Å²) in [5.74, 6) is -0.329. The topological polar surface area (TPSA) is 64.6 Å². The fraction of sp³-hybridized carbons (Fsp3) is 0.833. The van der Waals surface area contributed by atoms with Gasteiger partial charge in [-0.3, -0.25) is 0 Å². The summed E-state index contributed by atoms with van der Waals surface area (Å²) < 4.78 is 9.90. The van der Waals surface area contributed by atoms with Gasteiger partial charge in [0.1, 0.15) is 11.1 Å². The second-order valence-corrected chi connectivity index (χ2v) is 5.53. The highest BCUT2D eigenvalue weighted by molar-refractivity contribution is 5.87. The lowest BCUT2D eigenvalue weighted by Crippen LogP contribution is -2.65. The first kappa shape index (κ1) is 13.8. The largest absolute Gasteiger partial charge is 0.467 e. The summed E-state index contributed by atoms with van der Waals surface area (Å²) in [5, 5.41) is 2.65. The lowest BCUT2D eigenvalue weighted by atomic mass is 9.67. The Labute approximate surface area is 102 Å². The third-order valence-electron chi connectivity index (χ3n) is 3.09. The average Bonchev–Trinajstić information content (AvgIpc) is 2.20. The summed E-state index contributed by atoms with van der Waals surface area (Å²) in [4.78, 5) is 23.4. The number of ether oxygens (including phenoxy) is 2. The SMILES string of the molecule is COC(=O)[C@@]1(NC(=O)OC(C)(C)C)CC[C@@H]1C. The highest BCUT2D eigenvalue weighted by Gasteiger charge is 2.53. The second-order valence-electron chi connectivity index (χ2n) is 5.53. The normalized spacial score (nSPS) is 27.9. The third-order valence-corrected chi connectivity index (χ3v) is 3.09. The minimum atomic E-state index is -0.906. The molecular formula is C12H21NO4. The van der Waals surface area contributed by atoms with E-state index >= 15 is 0 Å². The van der Waals surface area contributed by atoms with Crippen molar-refractivity contribution in [3.63, 3.8) is 0 Å². The summed E-state index contributed by atoms with van der Waals surface area (Å²) >= 11 is 0. The number of esters is 1. The van der Waals surface area contributed by atoms with E-state index in [0.29, 0.717) is 6.42 Å². The van der Waals surface area contributed by atoms with Crippen molar-refractivity contribution in [1.29, 1.82) is 0 Å². The van der Waals surface area contributed by atoms with Crippen molar-refractivity contribution in [3.8, 4) is 0 Å². The molecule has 0 heterocycles. The maximum Gasteiger partial charge on any atom is 0.408 e. The molecule has 0 aromatic heterocycles. The van der Waals surface area contributed by atoms with Gasteiger partial charge < -0.3 is 14.8 Å². The predicted octanol–water partition coefficient (Wildman–Crippen LogP) is 1.85. The molecule has 98 valence electrons. The molecule has 2 atom stereocenters. The molecule has 1 saturated carbocycles. The van der Waals surface area contributed by atoms with Crippen LogP contribution in [0, 0.1) is 5.92 Å². The van der Waals surface area contributed by atoms with Crippen molar-refractivity contribution in [2.24, 2.45) is 5.92 Å². The lowest BCUT2D eigenvalue weighted by Gasteiger charge is -2.45. The number of alkyl carbamates (subject to hydrolysis) is 1. The van der Waals surface area contributed by atoms with Crippen molar-refractivity contribution in [1.82, 2.24) is 5.32 Å². The van der Waals surface area contributed by atoms with Gasteiger partial charge in [-0.05, 0) is 39.5 Å². The smallest absolute Gasteiger partial charge is 0.408 e. The Kier molecular flexibility index (Phi) is 3.69. The molecule has 1 fully saturated rings. The molecule has 5 nitrogen and oxygen atoms in total. The monoisotopic (exact) mass is 243 g/mol. The Morgan fingerprint density at radius 3 is 2.24 bits per heavy atom. The van der Waals surface area contributed by atoms with Gasteiger partial charge in [-0.2, -0.15) is 0 Å². The van der Waals surface area contributed by atoms with Crippen molar-refractivity contribution in [2.75, 3.05) is 7.11 Å². The predicted molar refractivity (Wildman–Crippen MR) is 62.5 cm³/mol. The molecule has 0 aliphatic heterocycles. The molecule has 1 rings (SSSR count). The fourth-order valence-electron chi connectivity index (χ4n) is 1.93. The molecule has 1 aliphatic rings. The number of rotatable bonds is 2. The van der Waals surface area contributed by atoms with E-state index in [-0.39, 0.29) is 5.92 Å². The number of amides is 1. The summed E-state index contributed by atoms with van der Waals surface area (Å²) in [7, 11) is 1.33. The molecule has 17 heavy (non-hydrogen) atoms. The zero-order valence-electron chi connectivity index (χ0n) is 11.1. The lowest BCUT2D eigenvalue weighted by molar-refractivity contribution is -0.156. The maximum absolute atomic E-state index is 11.7. The summed E-state index contributed by atoms with van der Waals surface area (Å²) in [6, 6.07) is 0. The van der Waals surface area contributed by atoms with E-state index in [1.165, 1.54) is 7.11 Å². The van der Waals surface area contributed by atoms with Crippen LogP contribution in [-0.2, 0) is 14.3 Å². The Morgan fingerprint density at radius 2 is 1.94 bits per heavy atom. The molecule has 0 unspecified atom stereocenters. The van der Waals surface area contributed by atoms with E-state index in [0.717, 1.165) is 6.42 Å². The first-order chi connectivity index (χ1) is 7.71. The summed E-state index contributed by atoms with van der Waals surface area (Å²) in [5.41, 5.74) is -1.48. The second kappa shape index (κ2) is 4.55. The maximum atomic E-state index is 11.7. The number of nitrogens with one attached hydrogen (secondary N) is 1. The molecule has 0 aromatic rings. The van der Waals surface area contributed by atoms with Gasteiger partial charge in [-0.1, -0.05) is 6.92 Å². The number of hydrogen-bond donors (Lipinski definition) is 1. The van der Waals surface area contributed by atoms with Crippen LogP contribution in [0.25, 0.3) is 0 Å². The van der Waals surface area contributed by atoms with Crippen LogP contribution < -0.4 is 5.32 Å². The van der Waals surface area contributed by atoms with Crippen LogP contribution in [0.3, 0.4) is 0 Å². The molecule has 1 aliphatic carbocycles. The minimum Gasteiger partial charge on any atom is -0.467 e. The van der Waals surface area contributed by atoms with E-state index in [9.17, 15) is 9.59 Å². The fourth-order valence-corrected chi connectivity index (χ4v) is 1.93. The van der Waals surface area contributed by atoms with E-state index in [1.54, 1.807) is 20.8 Å². The van der Waals surface area contributed by atoms with Crippen molar-refractivity contribution < 1.29 is 19.1 Å². The van der Waals surface area contributed by atoms with Gasteiger partial charge in [-0.25, -0.2) is 9.59 Å². The molecule has 0 radical (unpaired) electrons. The van der Waals surface area contributed by atoms with Gasteiger partial charge in [0.05, 0.1) is 7.11 Å². The Balaban J connectivity index is 2.69. The van der Waals surface area contributed by atoms with Crippen molar-refractivity contribution in [3.05, 3.63) is 0 Å². The van der Waals surface area contributed by atoms with E-state index < -0.39 is 23.2 Å². The highest BCUT2D eigenvalue weighted by atomic mass is 16.6. The van der Waals surface area contributed by atoms with Crippen molar-refractivity contribution >= 4 is 12.1 Å². The summed E-state index contributed by atoms with van der Waals surface area (Å²) in [6.45, 7) is 7.25. The van der Waals surface area contributed by atoms with Crippen LogP contribution >= 0.6 is 0 Å². The van der Waals surface area contributed by atoms with Crippen molar-refractivity contribution in [2.45, 2.75) is 51.7 Å². The van der Waals surface area contributed by atoms with Crippen LogP contribution in [0.5, 0.6) is 0 Å². The first-order valence-corrected chi connectivity index (χ1v) is 5.81. The molecule has 0 aromatic carbocycles. The quantitative estimate of drug-likeness (QED) is 0.752. The number of carbonyl (C=O) groups excluding carboxylic acids is 2. The molecular weight excluding hydrogens is 222 g/mol. The van der Waals surface area contributed by atoms with Gasteiger partial charge in [0, 0.05) is 0 Å².